The Bertz CT molecular complexity index is 1250. The van der Waals surface area contributed by atoms with Crippen molar-refractivity contribution in [1.82, 2.24) is 10.2 Å². The number of rotatable bonds is 11. The second-order valence-electron chi connectivity index (χ2n) is 8.79. The maximum absolute atomic E-state index is 13.5. The Morgan fingerprint density at radius 1 is 0.923 bits per heavy atom. The van der Waals surface area contributed by atoms with Gasteiger partial charge in [-0.15, -0.1) is 0 Å². The Labute approximate surface area is 225 Å². The molecular weight excluding hydrogens is 511 g/mol. The zero-order valence-corrected chi connectivity index (χ0v) is 22.0. The molecule has 0 spiro atoms. The number of anilines is 1. The molecule has 0 fully saturated rings. The maximum Gasteiger partial charge on any atom is 0.418 e. The van der Waals surface area contributed by atoms with Crippen LogP contribution in [-0.4, -0.2) is 44.1 Å². The summed E-state index contributed by atoms with van der Waals surface area (Å²) in [5, 5.41) is 5.22. The predicted octanol–water partition coefficient (Wildman–Crippen LogP) is 6.07. The van der Waals surface area contributed by atoms with Crippen molar-refractivity contribution in [3.63, 3.8) is 0 Å². The lowest BCUT2D eigenvalue weighted by atomic mass is 10.1. The number of carbonyl (C=O) groups excluding carboxylic acids is 2. The average molecular weight is 544 g/mol. The molecule has 1 unspecified atom stereocenters. The molecule has 7 nitrogen and oxygen atoms in total. The van der Waals surface area contributed by atoms with E-state index in [1.54, 1.807) is 27.2 Å². The Morgan fingerprint density at radius 3 is 2.26 bits per heavy atom. The van der Waals surface area contributed by atoms with Crippen LogP contribution in [0.3, 0.4) is 0 Å². The molecule has 0 aliphatic heterocycles. The van der Waals surface area contributed by atoms with Crippen LogP contribution in [0.4, 0.5) is 23.7 Å². The lowest BCUT2D eigenvalue weighted by Crippen LogP contribution is -2.40. The van der Waals surface area contributed by atoms with Crippen LogP contribution in [0.25, 0.3) is 0 Å². The minimum Gasteiger partial charge on any atom is -0.493 e. The van der Waals surface area contributed by atoms with Gasteiger partial charge in [0.15, 0.2) is 11.5 Å². The fourth-order valence-corrected chi connectivity index (χ4v) is 4.10. The number of benzene rings is 3. The van der Waals surface area contributed by atoms with Crippen molar-refractivity contribution < 1.29 is 32.2 Å². The van der Waals surface area contributed by atoms with E-state index < -0.39 is 23.8 Å². The molecule has 39 heavy (non-hydrogen) atoms. The molecule has 0 bridgehead atoms. The van der Waals surface area contributed by atoms with Crippen LogP contribution in [0.5, 0.6) is 11.5 Å². The molecule has 10 heteroatoms. The van der Waals surface area contributed by atoms with Crippen molar-refractivity contribution >= 4 is 17.6 Å². The number of alkyl halides is 3. The Hall–Kier alpha value is -4.21. The van der Waals surface area contributed by atoms with E-state index in [1.807, 2.05) is 42.5 Å². The lowest BCUT2D eigenvalue weighted by Gasteiger charge is -2.30. The van der Waals surface area contributed by atoms with Crippen molar-refractivity contribution in [2.24, 2.45) is 0 Å². The van der Waals surface area contributed by atoms with Crippen LogP contribution in [0, 0.1) is 0 Å². The van der Waals surface area contributed by atoms with Gasteiger partial charge in [0.05, 0.1) is 31.5 Å². The first-order valence-electron chi connectivity index (χ1n) is 12.4. The molecule has 0 radical (unpaired) electrons. The van der Waals surface area contributed by atoms with E-state index in [9.17, 15) is 22.8 Å². The summed E-state index contributed by atoms with van der Waals surface area (Å²) in [6, 6.07) is 18.1. The number of amides is 3. The monoisotopic (exact) mass is 543 g/mol. The van der Waals surface area contributed by atoms with E-state index in [0.29, 0.717) is 24.5 Å². The first-order chi connectivity index (χ1) is 18.6. The number of urea groups is 1. The zero-order valence-electron chi connectivity index (χ0n) is 22.0. The molecule has 0 aromatic heterocycles. The third-order valence-electron chi connectivity index (χ3n) is 6.25. The van der Waals surface area contributed by atoms with Gasteiger partial charge >= 0.3 is 12.2 Å². The smallest absolute Gasteiger partial charge is 0.418 e. The van der Waals surface area contributed by atoms with E-state index >= 15 is 0 Å². The molecule has 2 N–H and O–H groups in total. The van der Waals surface area contributed by atoms with E-state index in [1.165, 1.54) is 23.1 Å². The number of nitrogens with one attached hydrogen (secondary N) is 2. The minimum absolute atomic E-state index is 0.00172. The van der Waals surface area contributed by atoms with Crippen LogP contribution < -0.4 is 20.1 Å². The SMILES string of the molecule is COc1ccc(CCNC(=O)CCN(C(=O)Nc2ccccc2C(F)(F)F)C(C)c2ccccc2)cc1OC. The third-order valence-corrected chi connectivity index (χ3v) is 6.25. The highest BCUT2D eigenvalue weighted by Crippen LogP contribution is 2.35. The summed E-state index contributed by atoms with van der Waals surface area (Å²) in [5.41, 5.74) is 0.429. The second-order valence-corrected chi connectivity index (χ2v) is 8.79. The number of hydrogen-bond donors (Lipinski definition) is 2. The second kappa shape index (κ2) is 13.5. The first-order valence-corrected chi connectivity index (χ1v) is 12.4. The minimum atomic E-state index is -4.63. The summed E-state index contributed by atoms with van der Waals surface area (Å²) in [7, 11) is 3.10. The number of halogens is 3. The molecule has 3 aromatic rings. The van der Waals surface area contributed by atoms with Gasteiger partial charge in [-0.25, -0.2) is 4.79 Å². The summed E-state index contributed by atoms with van der Waals surface area (Å²) in [5.74, 6) is 0.906. The molecular formula is C29H32F3N3O4. The Kier molecular flexibility index (Phi) is 10.2. The van der Waals surface area contributed by atoms with E-state index in [2.05, 4.69) is 10.6 Å². The van der Waals surface area contributed by atoms with Crippen molar-refractivity contribution in [3.8, 4) is 11.5 Å². The van der Waals surface area contributed by atoms with Crippen molar-refractivity contribution in [2.45, 2.75) is 32.0 Å². The molecule has 3 rings (SSSR count). The number of ether oxygens (including phenoxy) is 2. The Balaban J connectivity index is 1.66. The molecule has 3 amide bonds. The molecule has 1 atom stereocenters. The van der Waals surface area contributed by atoms with Gasteiger partial charge in [0.1, 0.15) is 0 Å². The van der Waals surface area contributed by atoms with E-state index in [4.69, 9.17) is 9.47 Å². The van der Waals surface area contributed by atoms with Gasteiger partial charge in [0.2, 0.25) is 5.91 Å². The van der Waals surface area contributed by atoms with Crippen LogP contribution >= 0.6 is 0 Å². The standard InChI is InChI=1S/C29H32F3N3O4/c1-20(22-9-5-4-6-10-22)35(28(37)34-24-12-8-7-11-23(24)29(30,31)32)18-16-27(36)33-17-15-21-13-14-25(38-2)26(19-21)39-3/h4-14,19-20H,15-18H2,1-3H3,(H,33,36)(H,34,37). The molecule has 0 aliphatic carbocycles. The van der Waals surface area contributed by atoms with Crippen LogP contribution in [-0.2, 0) is 17.4 Å². The molecule has 0 heterocycles. The summed E-state index contributed by atoms with van der Waals surface area (Å²) in [6.45, 7) is 2.12. The largest absolute Gasteiger partial charge is 0.493 e. The zero-order chi connectivity index (χ0) is 28.4. The fraction of sp³-hybridized carbons (Fsp3) is 0.310. The lowest BCUT2D eigenvalue weighted by molar-refractivity contribution is -0.137. The van der Waals surface area contributed by atoms with Gasteiger partial charge in [-0.05, 0) is 48.7 Å². The molecule has 3 aromatic carbocycles. The number of para-hydroxylation sites is 1. The molecule has 0 saturated heterocycles. The summed E-state index contributed by atoms with van der Waals surface area (Å²) < 4.78 is 50.9. The van der Waals surface area contributed by atoms with E-state index in [-0.39, 0.29) is 24.6 Å². The number of carbonyl (C=O) groups is 2. The quantitative estimate of drug-likeness (QED) is 0.308. The summed E-state index contributed by atoms with van der Waals surface area (Å²) in [6.07, 6.45) is -4.12. The Morgan fingerprint density at radius 2 is 1.59 bits per heavy atom. The topological polar surface area (TPSA) is 79.9 Å². The predicted molar refractivity (Wildman–Crippen MR) is 143 cm³/mol. The van der Waals surface area contributed by atoms with Crippen LogP contribution in [0.1, 0.15) is 36.1 Å². The van der Waals surface area contributed by atoms with Gasteiger partial charge < -0.3 is 25.0 Å². The van der Waals surface area contributed by atoms with Crippen molar-refractivity contribution in [1.29, 1.82) is 0 Å². The van der Waals surface area contributed by atoms with Crippen molar-refractivity contribution in [3.05, 3.63) is 89.5 Å². The van der Waals surface area contributed by atoms with Gasteiger partial charge in [-0.1, -0.05) is 48.5 Å². The molecule has 208 valence electrons. The fourth-order valence-electron chi connectivity index (χ4n) is 4.10. The highest BCUT2D eigenvalue weighted by molar-refractivity contribution is 5.91. The molecule has 0 saturated carbocycles. The van der Waals surface area contributed by atoms with E-state index in [0.717, 1.165) is 17.2 Å². The van der Waals surface area contributed by atoms with Crippen LogP contribution in [0.15, 0.2) is 72.8 Å². The van der Waals surface area contributed by atoms with Gasteiger partial charge in [0.25, 0.3) is 0 Å². The maximum atomic E-state index is 13.5. The number of hydrogen-bond acceptors (Lipinski definition) is 4. The highest BCUT2D eigenvalue weighted by atomic mass is 19.4. The summed E-state index contributed by atoms with van der Waals surface area (Å²) >= 11 is 0. The van der Waals surface area contributed by atoms with Crippen LogP contribution in [0.2, 0.25) is 0 Å². The van der Waals surface area contributed by atoms with Crippen molar-refractivity contribution in [2.75, 3.05) is 32.6 Å². The number of nitrogens with zero attached hydrogens (tertiary/aromatic N) is 1. The first kappa shape index (κ1) is 29.3. The summed E-state index contributed by atoms with van der Waals surface area (Å²) in [4.78, 5) is 27.2. The number of methoxy groups -OCH3 is 2. The van der Waals surface area contributed by atoms with Gasteiger partial charge in [0, 0.05) is 19.5 Å². The van der Waals surface area contributed by atoms with Gasteiger partial charge in [-0.2, -0.15) is 13.2 Å². The average Bonchev–Trinajstić information content (AvgIpc) is 2.93. The highest BCUT2D eigenvalue weighted by Gasteiger charge is 2.34. The third kappa shape index (κ3) is 8.13. The van der Waals surface area contributed by atoms with Gasteiger partial charge in [-0.3, -0.25) is 4.79 Å². The molecule has 0 aliphatic rings. The normalized spacial score (nSPS) is 11.8.